The van der Waals surface area contributed by atoms with Crippen molar-refractivity contribution in [1.29, 1.82) is 0 Å². The van der Waals surface area contributed by atoms with E-state index in [1.54, 1.807) is 26.0 Å². The first-order valence-electron chi connectivity index (χ1n) is 9.37. The molecule has 30 heavy (non-hydrogen) atoms. The van der Waals surface area contributed by atoms with Gasteiger partial charge in [0.2, 0.25) is 5.91 Å². The molecular weight excluding hydrogens is 406 g/mol. The minimum atomic E-state index is -0.785. The van der Waals surface area contributed by atoms with E-state index in [0.29, 0.717) is 26.3 Å². The van der Waals surface area contributed by atoms with Gasteiger partial charge in [-0.1, -0.05) is 17.7 Å². The van der Waals surface area contributed by atoms with Crippen LogP contribution in [0.1, 0.15) is 33.8 Å². The van der Waals surface area contributed by atoms with Crippen molar-refractivity contribution >= 4 is 39.1 Å². The summed E-state index contributed by atoms with van der Waals surface area (Å²) in [5.41, 5.74) is 1.84. The van der Waals surface area contributed by atoms with Gasteiger partial charge in [0, 0.05) is 12.8 Å². The normalized spacial score (nSPS) is 12.0. The number of hydrogen-bond donors (Lipinski definition) is 1. The van der Waals surface area contributed by atoms with Crippen LogP contribution in [0.25, 0.3) is 10.2 Å². The van der Waals surface area contributed by atoms with Crippen molar-refractivity contribution in [3.8, 4) is 0 Å². The summed E-state index contributed by atoms with van der Waals surface area (Å²) in [6.45, 7) is 5.67. The molecule has 2 aromatic heterocycles. The van der Waals surface area contributed by atoms with Gasteiger partial charge in [0.15, 0.2) is 0 Å². The zero-order chi connectivity index (χ0) is 21.8. The van der Waals surface area contributed by atoms with Gasteiger partial charge in [-0.15, -0.1) is 11.3 Å². The van der Waals surface area contributed by atoms with Crippen LogP contribution in [0.3, 0.4) is 0 Å². The number of carbonyl (C=O) groups excluding carboxylic acids is 2. The van der Waals surface area contributed by atoms with Crippen molar-refractivity contribution in [2.24, 2.45) is 0 Å². The Morgan fingerprint density at radius 2 is 1.90 bits per heavy atom. The van der Waals surface area contributed by atoms with E-state index in [1.165, 1.54) is 18.0 Å². The van der Waals surface area contributed by atoms with Crippen molar-refractivity contribution in [1.82, 2.24) is 9.55 Å². The average molecular weight is 429 g/mol. The molecule has 0 spiro atoms. The van der Waals surface area contributed by atoms with Gasteiger partial charge < -0.3 is 14.8 Å². The summed E-state index contributed by atoms with van der Waals surface area (Å²) in [6.07, 6.45) is 1.33. The Morgan fingerprint density at radius 3 is 2.57 bits per heavy atom. The number of methoxy groups -OCH3 is 1. The maximum Gasteiger partial charge on any atom is 0.348 e. The summed E-state index contributed by atoms with van der Waals surface area (Å²) in [5, 5.41) is 3.12. The molecule has 3 rings (SSSR count). The first-order chi connectivity index (χ1) is 14.3. The predicted molar refractivity (Wildman–Crippen MR) is 115 cm³/mol. The number of benzene rings is 1. The van der Waals surface area contributed by atoms with Gasteiger partial charge in [-0.2, -0.15) is 0 Å². The fraction of sp³-hybridized carbons (Fsp3) is 0.333. The molecule has 8 nitrogen and oxygen atoms in total. The second-order valence-corrected chi connectivity index (χ2v) is 7.85. The zero-order valence-corrected chi connectivity index (χ0v) is 18.0. The van der Waals surface area contributed by atoms with E-state index in [0.717, 1.165) is 16.9 Å². The number of thiophene rings is 1. The lowest BCUT2D eigenvalue weighted by molar-refractivity contribution is -0.118. The molecule has 0 radical (unpaired) electrons. The van der Waals surface area contributed by atoms with Crippen LogP contribution in [0, 0.1) is 13.8 Å². The largest absolute Gasteiger partial charge is 0.459 e. The number of aryl methyl sites for hydroxylation is 2. The molecule has 9 heteroatoms. The molecule has 0 bridgehead atoms. The SMILES string of the molecule is COCCOC(=O)c1sc2ncn(C(C)C(=O)Nc3ccc(C)cc3)c(=O)c2c1C. The van der Waals surface area contributed by atoms with Gasteiger partial charge in [-0.05, 0) is 38.5 Å². The third kappa shape index (κ3) is 4.42. The van der Waals surface area contributed by atoms with Crippen LogP contribution >= 0.6 is 11.3 Å². The monoisotopic (exact) mass is 429 g/mol. The number of amides is 1. The number of rotatable bonds is 7. The van der Waals surface area contributed by atoms with Crippen LogP contribution in [-0.2, 0) is 14.3 Å². The van der Waals surface area contributed by atoms with E-state index in [2.05, 4.69) is 10.3 Å². The molecular formula is C21H23N3O5S. The number of nitrogens with one attached hydrogen (secondary N) is 1. The summed E-state index contributed by atoms with van der Waals surface area (Å²) in [7, 11) is 1.51. The number of fused-ring (bicyclic) bond motifs is 1. The molecule has 0 saturated heterocycles. The van der Waals surface area contributed by atoms with Crippen molar-refractivity contribution in [3.63, 3.8) is 0 Å². The molecule has 158 valence electrons. The van der Waals surface area contributed by atoms with Crippen LogP contribution in [0.5, 0.6) is 0 Å². The molecule has 2 heterocycles. The summed E-state index contributed by atoms with van der Waals surface area (Å²) in [5.74, 6) is -0.863. The Bertz CT molecular complexity index is 1130. The maximum atomic E-state index is 13.1. The summed E-state index contributed by atoms with van der Waals surface area (Å²) in [6, 6.07) is 6.60. The van der Waals surface area contributed by atoms with Crippen molar-refractivity contribution in [3.05, 3.63) is 57.0 Å². The number of anilines is 1. The van der Waals surface area contributed by atoms with Gasteiger partial charge in [-0.25, -0.2) is 9.78 Å². The van der Waals surface area contributed by atoms with Gasteiger partial charge in [0.05, 0.1) is 18.3 Å². The Labute approximate surface area is 177 Å². The molecule has 0 saturated carbocycles. The topological polar surface area (TPSA) is 99.5 Å². The zero-order valence-electron chi connectivity index (χ0n) is 17.2. The lowest BCUT2D eigenvalue weighted by atomic mass is 10.2. The minimum Gasteiger partial charge on any atom is -0.459 e. The predicted octanol–water partition coefficient (Wildman–Crippen LogP) is 3.08. The van der Waals surface area contributed by atoms with Crippen molar-refractivity contribution in [2.75, 3.05) is 25.6 Å². The number of esters is 1. The Morgan fingerprint density at radius 1 is 1.20 bits per heavy atom. The number of hydrogen-bond acceptors (Lipinski definition) is 7. The van der Waals surface area contributed by atoms with E-state index < -0.39 is 12.0 Å². The third-order valence-corrected chi connectivity index (χ3v) is 5.88. The highest BCUT2D eigenvalue weighted by Crippen LogP contribution is 2.28. The summed E-state index contributed by atoms with van der Waals surface area (Å²) >= 11 is 1.10. The van der Waals surface area contributed by atoms with Gasteiger partial charge in [0.1, 0.15) is 22.4 Å². The quantitative estimate of drug-likeness (QED) is 0.458. The molecule has 0 aliphatic heterocycles. The average Bonchev–Trinajstić information content (AvgIpc) is 3.07. The Balaban J connectivity index is 1.87. The molecule has 1 atom stereocenters. The first-order valence-corrected chi connectivity index (χ1v) is 10.2. The van der Waals surface area contributed by atoms with E-state index in [1.807, 2.05) is 19.1 Å². The first kappa shape index (κ1) is 21.7. The van der Waals surface area contributed by atoms with Crippen molar-refractivity contribution in [2.45, 2.75) is 26.8 Å². The van der Waals surface area contributed by atoms with E-state index >= 15 is 0 Å². The molecule has 1 N–H and O–H groups in total. The number of ether oxygens (including phenoxy) is 2. The molecule has 0 fully saturated rings. The molecule has 1 unspecified atom stereocenters. The highest BCUT2D eigenvalue weighted by atomic mass is 32.1. The van der Waals surface area contributed by atoms with Crippen molar-refractivity contribution < 1.29 is 19.1 Å². The van der Waals surface area contributed by atoms with E-state index in [9.17, 15) is 14.4 Å². The summed E-state index contributed by atoms with van der Waals surface area (Å²) in [4.78, 5) is 43.1. The standard InChI is InChI=1S/C21H23N3O5S/c1-12-5-7-15(8-6-12)23-18(25)14(3)24-11-22-19-16(20(24)26)13(2)17(30-19)21(27)29-10-9-28-4/h5-8,11,14H,9-10H2,1-4H3,(H,23,25). The fourth-order valence-corrected chi connectivity index (χ4v) is 3.93. The molecule has 1 aromatic carbocycles. The number of aromatic nitrogens is 2. The minimum absolute atomic E-state index is 0.122. The second-order valence-electron chi connectivity index (χ2n) is 6.85. The lowest BCUT2D eigenvalue weighted by Gasteiger charge is -2.15. The highest BCUT2D eigenvalue weighted by molar-refractivity contribution is 7.20. The molecule has 0 aliphatic carbocycles. The van der Waals surface area contributed by atoms with Crippen LogP contribution in [-0.4, -0.2) is 41.8 Å². The van der Waals surface area contributed by atoms with E-state index in [-0.39, 0.29) is 24.7 Å². The van der Waals surface area contributed by atoms with Gasteiger partial charge >= 0.3 is 5.97 Å². The van der Waals surface area contributed by atoms with Gasteiger partial charge in [0.25, 0.3) is 5.56 Å². The lowest BCUT2D eigenvalue weighted by Crippen LogP contribution is -2.31. The van der Waals surface area contributed by atoms with Crippen LogP contribution < -0.4 is 10.9 Å². The number of carbonyl (C=O) groups is 2. The third-order valence-electron chi connectivity index (χ3n) is 4.70. The maximum absolute atomic E-state index is 13.1. The fourth-order valence-electron chi connectivity index (χ4n) is 2.90. The van der Waals surface area contributed by atoms with Crippen LogP contribution in [0.2, 0.25) is 0 Å². The molecule has 3 aromatic rings. The molecule has 1 amide bonds. The van der Waals surface area contributed by atoms with Crippen LogP contribution in [0.4, 0.5) is 5.69 Å². The number of nitrogens with zero attached hydrogens (tertiary/aromatic N) is 2. The Hall–Kier alpha value is -3.04. The Kier molecular flexibility index (Phi) is 6.63. The molecule has 0 aliphatic rings. The van der Waals surface area contributed by atoms with Crippen LogP contribution in [0.15, 0.2) is 35.4 Å². The van der Waals surface area contributed by atoms with E-state index in [4.69, 9.17) is 9.47 Å². The van der Waals surface area contributed by atoms with Gasteiger partial charge in [-0.3, -0.25) is 14.2 Å². The smallest absolute Gasteiger partial charge is 0.348 e. The highest BCUT2D eigenvalue weighted by Gasteiger charge is 2.23. The summed E-state index contributed by atoms with van der Waals surface area (Å²) < 4.78 is 11.3. The second kappa shape index (κ2) is 9.19.